The quantitative estimate of drug-likeness (QED) is 0.839. The maximum absolute atomic E-state index is 12.3. The van der Waals surface area contributed by atoms with Crippen LogP contribution in [-0.2, 0) is 10.2 Å². The van der Waals surface area contributed by atoms with Crippen molar-refractivity contribution in [2.75, 3.05) is 5.32 Å². The van der Waals surface area contributed by atoms with Gasteiger partial charge in [-0.1, -0.05) is 18.2 Å². The first kappa shape index (κ1) is 18.4. The molecule has 0 spiro atoms. The van der Waals surface area contributed by atoms with Crippen LogP contribution in [0.5, 0.6) is 5.88 Å². The van der Waals surface area contributed by atoms with Gasteiger partial charge in [0, 0.05) is 11.8 Å². The molecule has 0 fully saturated rings. The predicted molar refractivity (Wildman–Crippen MR) is 95.1 cm³/mol. The smallest absolute Gasteiger partial charge is 0.313 e. The molecular weight excluding hydrogens is 320 g/mol. The van der Waals surface area contributed by atoms with Gasteiger partial charge in [0.15, 0.2) is 0 Å². The first-order valence-electron chi connectivity index (χ1n) is 7.99. The lowest BCUT2D eigenvalue weighted by atomic mass is 9.85. The maximum atomic E-state index is 12.3. The van der Waals surface area contributed by atoms with Gasteiger partial charge in [0.05, 0.1) is 11.5 Å². The van der Waals surface area contributed by atoms with Gasteiger partial charge in [-0.25, -0.2) is 4.98 Å². The lowest BCUT2D eigenvalue weighted by Gasteiger charge is -2.19. The molecule has 1 aromatic heterocycles. The van der Waals surface area contributed by atoms with Crippen LogP contribution in [-0.4, -0.2) is 28.1 Å². The Bertz CT molecular complexity index is 767. The Morgan fingerprint density at radius 1 is 1.12 bits per heavy atom. The second kappa shape index (κ2) is 7.34. The number of aromatic nitrogens is 1. The molecule has 25 heavy (non-hydrogen) atoms. The van der Waals surface area contributed by atoms with Crippen molar-refractivity contribution in [2.24, 2.45) is 0 Å². The number of hydrogen-bond acceptors (Lipinski definition) is 4. The van der Waals surface area contributed by atoms with Gasteiger partial charge in [0.1, 0.15) is 5.69 Å². The largest absolute Gasteiger partial charge is 0.481 e. The molecule has 0 aliphatic heterocycles. The fourth-order valence-electron chi connectivity index (χ4n) is 2.14. The Balaban J connectivity index is 2.12. The molecule has 0 saturated heterocycles. The second-order valence-electron chi connectivity index (χ2n) is 6.49. The number of aliphatic carboxylic acids is 1. The number of anilines is 1. The number of rotatable bonds is 6. The van der Waals surface area contributed by atoms with Crippen molar-refractivity contribution in [3.8, 4) is 5.88 Å². The zero-order valence-electron chi connectivity index (χ0n) is 14.7. The number of carboxylic acid groups (broad SMARTS) is 1. The number of ether oxygens (including phenoxy) is 1. The Morgan fingerprint density at radius 2 is 1.76 bits per heavy atom. The van der Waals surface area contributed by atoms with E-state index < -0.39 is 11.4 Å². The maximum Gasteiger partial charge on any atom is 0.313 e. The summed E-state index contributed by atoms with van der Waals surface area (Å²) < 4.78 is 5.48. The van der Waals surface area contributed by atoms with E-state index in [1.807, 2.05) is 13.8 Å². The molecule has 2 aromatic rings. The highest BCUT2D eigenvalue weighted by Crippen LogP contribution is 2.25. The molecule has 0 unspecified atom stereocenters. The first-order chi connectivity index (χ1) is 11.7. The molecule has 0 aliphatic rings. The molecule has 6 heteroatoms. The molecular formula is C19H22N2O4. The van der Waals surface area contributed by atoms with E-state index in [0.29, 0.717) is 17.1 Å². The Labute approximate surface area is 146 Å². The lowest BCUT2D eigenvalue weighted by molar-refractivity contribution is -0.142. The van der Waals surface area contributed by atoms with E-state index in [-0.39, 0.29) is 17.7 Å². The van der Waals surface area contributed by atoms with E-state index in [0.717, 1.165) is 0 Å². The zero-order chi connectivity index (χ0) is 18.6. The first-order valence-corrected chi connectivity index (χ1v) is 7.99. The molecule has 1 amide bonds. The summed E-state index contributed by atoms with van der Waals surface area (Å²) in [6, 6.07) is 11.7. The lowest BCUT2D eigenvalue weighted by Crippen LogP contribution is -2.28. The van der Waals surface area contributed by atoms with Crippen LogP contribution < -0.4 is 10.1 Å². The van der Waals surface area contributed by atoms with Crippen LogP contribution in [0.2, 0.25) is 0 Å². The van der Waals surface area contributed by atoms with Gasteiger partial charge >= 0.3 is 5.97 Å². The highest BCUT2D eigenvalue weighted by atomic mass is 16.5. The number of carboxylic acids is 1. The van der Waals surface area contributed by atoms with Crippen LogP contribution in [0, 0.1) is 0 Å². The summed E-state index contributed by atoms with van der Waals surface area (Å²) in [6.07, 6.45) is -0.0315. The number of carbonyl (C=O) groups is 2. The fourth-order valence-corrected chi connectivity index (χ4v) is 2.14. The minimum atomic E-state index is -0.993. The fraction of sp³-hybridized carbons (Fsp3) is 0.316. The molecule has 1 aromatic carbocycles. The highest BCUT2D eigenvalue weighted by molar-refractivity contribution is 6.02. The van der Waals surface area contributed by atoms with E-state index >= 15 is 0 Å². The standard InChI is InChI=1S/C19H22N2O4/c1-12(2)25-16-7-5-6-15(21-16)17(22)20-14-10-8-13(9-11-14)19(3,4)18(23)24/h5-12H,1-4H3,(H,20,22)(H,23,24). The van der Waals surface area contributed by atoms with Gasteiger partial charge in [0.2, 0.25) is 5.88 Å². The van der Waals surface area contributed by atoms with Gasteiger partial charge in [-0.05, 0) is 51.5 Å². The van der Waals surface area contributed by atoms with Gasteiger partial charge < -0.3 is 15.2 Å². The Morgan fingerprint density at radius 3 is 2.32 bits per heavy atom. The van der Waals surface area contributed by atoms with Crippen LogP contribution in [0.1, 0.15) is 43.7 Å². The third-order valence-corrected chi connectivity index (χ3v) is 3.71. The van der Waals surface area contributed by atoms with Crippen LogP contribution in [0.15, 0.2) is 42.5 Å². The number of amides is 1. The van der Waals surface area contributed by atoms with Crippen LogP contribution in [0.25, 0.3) is 0 Å². The SMILES string of the molecule is CC(C)Oc1cccc(C(=O)Nc2ccc(C(C)(C)C(=O)O)cc2)n1. The number of carbonyl (C=O) groups excluding carboxylic acids is 1. The van der Waals surface area contributed by atoms with Crippen LogP contribution in [0.3, 0.4) is 0 Å². The van der Waals surface area contributed by atoms with Gasteiger partial charge in [0.25, 0.3) is 5.91 Å². The summed E-state index contributed by atoms with van der Waals surface area (Å²) in [4.78, 5) is 27.8. The highest BCUT2D eigenvalue weighted by Gasteiger charge is 2.29. The third-order valence-electron chi connectivity index (χ3n) is 3.71. The molecule has 0 radical (unpaired) electrons. The number of nitrogens with zero attached hydrogens (tertiary/aromatic N) is 1. The molecule has 132 valence electrons. The van der Waals surface area contributed by atoms with Gasteiger partial charge in [-0.2, -0.15) is 0 Å². The molecule has 0 saturated carbocycles. The van der Waals surface area contributed by atoms with Crippen LogP contribution >= 0.6 is 0 Å². The predicted octanol–water partition coefficient (Wildman–Crippen LogP) is 3.48. The van der Waals surface area contributed by atoms with E-state index in [2.05, 4.69) is 10.3 Å². The summed E-state index contributed by atoms with van der Waals surface area (Å²) in [5.74, 6) is -0.879. The number of benzene rings is 1. The summed E-state index contributed by atoms with van der Waals surface area (Å²) >= 11 is 0. The summed E-state index contributed by atoms with van der Waals surface area (Å²) in [7, 11) is 0. The molecule has 6 nitrogen and oxygen atoms in total. The Kier molecular flexibility index (Phi) is 5.41. The summed E-state index contributed by atoms with van der Waals surface area (Å²) in [6.45, 7) is 7.03. The molecule has 0 atom stereocenters. The van der Waals surface area contributed by atoms with Crippen LogP contribution in [0.4, 0.5) is 5.69 Å². The average Bonchev–Trinajstić information content (AvgIpc) is 2.54. The van der Waals surface area contributed by atoms with Crippen molar-refractivity contribution in [3.63, 3.8) is 0 Å². The number of hydrogen-bond donors (Lipinski definition) is 2. The van der Waals surface area contributed by atoms with Crippen molar-refractivity contribution in [1.82, 2.24) is 4.98 Å². The van der Waals surface area contributed by atoms with Crippen molar-refractivity contribution >= 4 is 17.6 Å². The summed E-state index contributed by atoms with van der Waals surface area (Å²) in [5, 5.41) is 12.0. The molecule has 2 rings (SSSR count). The topological polar surface area (TPSA) is 88.5 Å². The second-order valence-corrected chi connectivity index (χ2v) is 6.49. The molecule has 2 N–H and O–H groups in total. The van der Waals surface area contributed by atoms with Gasteiger partial charge in [-0.3, -0.25) is 9.59 Å². The van der Waals surface area contributed by atoms with E-state index in [4.69, 9.17) is 4.74 Å². The molecule has 0 bridgehead atoms. The third kappa shape index (κ3) is 4.56. The normalized spacial score (nSPS) is 11.2. The van der Waals surface area contributed by atoms with E-state index in [1.165, 1.54) is 0 Å². The molecule has 0 aliphatic carbocycles. The van der Waals surface area contributed by atoms with Crippen molar-refractivity contribution in [2.45, 2.75) is 39.2 Å². The van der Waals surface area contributed by atoms with Crippen molar-refractivity contribution in [3.05, 3.63) is 53.7 Å². The van der Waals surface area contributed by atoms with E-state index in [9.17, 15) is 14.7 Å². The minimum Gasteiger partial charge on any atom is -0.481 e. The summed E-state index contributed by atoms with van der Waals surface area (Å²) in [5.41, 5.74) is 0.468. The monoisotopic (exact) mass is 342 g/mol. The van der Waals surface area contributed by atoms with Crippen molar-refractivity contribution in [1.29, 1.82) is 0 Å². The van der Waals surface area contributed by atoms with E-state index in [1.54, 1.807) is 56.3 Å². The number of pyridine rings is 1. The number of nitrogens with one attached hydrogen (secondary N) is 1. The van der Waals surface area contributed by atoms with Crippen molar-refractivity contribution < 1.29 is 19.4 Å². The minimum absolute atomic E-state index is 0.0315. The Hall–Kier alpha value is -2.89. The zero-order valence-corrected chi connectivity index (χ0v) is 14.7. The average molecular weight is 342 g/mol. The van der Waals surface area contributed by atoms with Gasteiger partial charge in [-0.15, -0.1) is 0 Å². The molecule has 1 heterocycles.